The van der Waals surface area contributed by atoms with Crippen LogP contribution < -0.4 is 5.73 Å². The maximum atomic E-state index is 13.1. The van der Waals surface area contributed by atoms with E-state index in [9.17, 15) is 4.39 Å². The number of hydrogen-bond donors (Lipinski definition) is 1. The van der Waals surface area contributed by atoms with E-state index >= 15 is 0 Å². The first kappa shape index (κ1) is 10.9. The molecule has 0 radical (unpaired) electrons. The van der Waals surface area contributed by atoms with Crippen molar-refractivity contribution in [2.45, 2.75) is 19.9 Å². The molecule has 3 heteroatoms. The van der Waals surface area contributed by atoms with Crippen molar-refractivity contribution in [1.29, 1.82) is 0 Å². The molecule has 1 atom stereocenters. The number of rotatable bonds is 2. The molecule has 0 aliphatic rings. The molecule has 84 valence electrons. The first-order valence-electron chi connectivity index (χ1n) is 5.15. The van der Waals surface area contributed by atoms with Crippen molar-refractivity contribution < 1.29 is 8.81 Å². The molecule has 0 amide bonds. The summed E-state index contributed by atoms with van der Waals surface area (Å²) in [4.78, 5) is 0. The maximum Gasteiger partial charge on any atom is 0.126 e. The lowest BCUT2D eigenvalue weighted by Crippen LogP contribution is -2.12. The van der Waals surface area contributed by atoms with Gasteiger partial charge in [0.2, 0.25) is 0 Å². The molecule has 0 aliphatic heterocycles. The van der Waals surface area contributed by atoms with Crippen LogP contribution in [0, 0.1) is 19.7 Å². The van der Waals surface area contributed by atoms with Crippen LogP contribution >= 0.6 is 0 Å². The van der Waals surface area contributed by atoms with Crippen molar-refractivity contribution in [2.24, 2.45) is 5.73 Å². The lowest BCUT2D eigenvalue weighted by Gasteiger charge is -2.12. The SMILES string of the molecule is Cc1cc(C(N)c2ccoc2C)ccc1F. The molecule has 2 nitrogen and oxygen atoms in total. The molecule has 2 N–H and O–H groups in total. The highest BCUT2D eigenvalue weighted by molar-refractivity contribution is 5.34. The fraction of sp³-hybridized carbons (Fsp3) is 0.231. The molecule has 1 heterocycles. The number of hydrogen-bond acceptors (Lipinski definition) is 2. The predicted octanol–water partition coefficient (Wildman–Crippen LogP) is 3.08. The van der Waals surface area contributed by atoms with Crippen molar-refractivity contribution in [2.75, 3.05) is 0 Å². The zero-order valence-corrected chi connectivity index (χ0v) is 9.33. The standard InChI is InChI=1S/C13H14FNO/c1-8-7-10(3-4-12(8)14)13(15)11-5-6-16-9(11)2/h3-7,13H,15H2,1-2H3. The Kier molecular flexibility index (Phi) is 2.79. The number of halogens is 1. The Hall–Kier alpha value is -1.61. The lowest BCUT2D eigenvalue weighted by molar-refractivity contribution is 0.527. The average Bonchev–Trinajstić information content (AvgIpc) is 2.67. The van der Waals surface area contributed by atoms with Crippen LogP contribution in [0.25, 0.3) is 0 Å². The van der Waals surface area contributed by atoms with Gasteiger partial charge in [0.15, 0.2) is 0 Å². The van der Waals surface area contributed by atoms with Crippen LogP contribution in [0.1, 0.15) is 28.5 Å². The van der Waals surface area contributed by atoms with Gasteiger partial charge in [-0.2, -0.15) is 0 Å². The van der Waals surface area contributed by atoms with E-state index in [1.54, 1.807) is 25.3 Å². The molecular formula is C13H14FNO. The van der Waals surface area contributed by atoms with Crippen LogP contribution in [0.3, 0.4) is 0 Å². The van der Waals surface area contributed by atoms with E-state index in [1.165, 1.54) is 6.07 Å². The minimum absolute atomic E-state index is 0.208. The van der Waals surface area contributed by atoms with Crippen molar-refractivity contribution in [3.05, 3.63) is 58.8 Å². The highest BCUT2D eigenvalue weighted by atomic mass is 19.1. The van der Waals surface area contributed by atoms with Crippen LogP contribution in [0.4, 0.5) is 4.39 Å². The largest absolute Gasteiger partial charge is 0.469 e. The quantitative estimate of drug-likeness (QED) is 0.843. The molecule has 1 unspecified atom stereocenters. The van der Waals surface area contributed by atoms with Crippen LogP contribution in [-0.2, 0) is 0 Å². The smallest absolute Gasteiger partial charge is 0.126 e. The summed E-state index contributed by atoms with van der Waals surface area (Å²) in [6, 6.07) is 6.50. The van der Waals surface area contributed by atoms with Gasteiger partial charge in [0.25, 0.3) is 0 Å². The molecule has 16 heavy (non-hydrogen) atoms. The van der Waals surface area contributed by atoms with E-state index in [2.05, 4.69) is 0 Å². The van der Waals surface area contributed by atoms with Crippen molar-refractivity contribution in [1.82, 2.24) is 0 Å². The van der Waals surface area contributed by atoms with E-state index < -0.39 is 0 Å². The van der Waals surface area contributed by atoms with Gasteiger partial charge in [-0.1, -0.05) is 12.1 Å². The second kappa shape index (κ2) is 4.10. The summed E-state index contributed by atoms with van der Waals surface area (Å²) in [7, 11) is 0. The topological polar surface area (TPSA) is 39.2 Å². The van der Waals surface area contributed by atoms with Gasteiger partial charge in [-0.15, -0.1) is 0 Å². The fourth-order valence-corrected chi connectivity index (χ4v) is 1.76. The Labute approximate surface area is 93.9 Å². The Morgan fingerprint density at radius 1 is 1.25 bits per heavy atom. The maximum absolute atomic E-state index is 13.1. The first-order valence-corrected chi connectivity index (χ1v) is 5.15. The van der Waals surface area contributed by atoms with E-state index in [0.717, 1.165) is 16.9 Å². The third kappa shape index (κ3) is 1.86. The fourth-order valence-electron chi connectivity index (χ4n) is 1.76. The third-order valence-electron chi connectivity index (χ3n) is 2.78. The van der Waals surface area contributed by atoms with Gasteiger partial charge in [-0.25, -0.2) is 4.39 Å². The molecule has 0 saturated carbocycles. The molecule has 0 bridgehead atoms. The summed E-state index contributed by atoms with van der Waals surface area (Å²) in [5.74, 6) is 0.592. The summed E-state index contributed by atoms with van der Waals surface area (Å²) in [5.41, 5.74) is 8.53. The summed E-state index contributed by atoms with van der Waals surface area (Å²) in [6.45, 7) is 3.60. The minimum atomic E-state index is -0.266. The van der Waals surface area contributed by atoms with E-state index in [-0.39, 0.29) is 11.9 Å². The molecule has 0 fully saturated rings. The molecule has 0 aliphatic carbocycles. The summed E-state index contributed by atoms with van der Waals surface area (Å²) < 4.78 is 18.3. The Morgan fingerprint density at radius 2 is 2.00 bits per heavy atom. The Balaban J connectivity index is 2.38. The highest BCUT2D eigenvalue weighted by Gasteiger charge is 2.14. The van der Waals surface area contributed by atoms with E-state index in [4.69, 9.17) is 10.2 Å². The van der Waals surface area contributed by atoms with Crippen molar-refractivity contribution in [3.8, 4) is 0 Å². The Bertz CT molecular complexity index is 504. The second-order valence-electron chi connectivity index (χ2n) is 3.92. The van der Waals surface area contributed by atoms with Gasteiger partial charge in [0.1, 0.15) is 11.6 Å². The van der Waals surface area contributed by atoms with Crippen molar-refractivity contribution in [3.63, 3.8) is 0 Å². The van der Waals surface area contributed by atoms with Gasteiger partial charge in [0.05, 0.1) is 12.3 Å². The van der Waals surface area contributed by atoms with Crippen molar-refractivity contribution >= 4 is 0 Å². The number of furan rings is 1. The third-order valence-corrected chi connectivity index (χ3v) is 2.78. The number of nitrogens with two attached hydrogens (primary N) is 1. The van der Waals surface area contributed by atoms with Gasteiger partial charge < -0.3 is 10.2 Å². The second-order valence-corrected chi connectivity index (χ2v) is 3.92. The number of benzene rings is 1. The Morgan fingerprint density at radius 3 is 2.56 bits per heavy atom. The van der Waals surface area contributed by atoms with Gasteiger partial charge in [-0.05, 0) is 37.1 Å². The molecule has 1 aromatic heterocycles. The number of aryl methyl sites for hydroxylation is 2. The normalized spacial score (nSPS) is 12.8. The first-order chi connectivity index (χ1) is 7.59. The zero-order valence-electron chi connectivity index (χ0n) is 9.33. The molecule has 0 saturated heterocycles. The van der Waals surface area contributed by atoms with Crippen LogP contribution in [0.15, 0.2) is 34.9 Å². The van der Waals surface area contributed by atoms with Gasteiger partial charge in [-0.3, -0.25) is 0 Å². The minimum Gasteiger partial charge on any atom is -0.469 e. The van der Waals surface area contributed by atoms with E-state index in [0.29, 0.717) is 5.56 Å². The lowest BCUT2D eigenvalue weighted by atomic mass is 9.98. The monoisotopic (exact) mass is 219 g/mol. The summed E-state index contributed by atoms with van der Waals surface area (Å²) in [5, 5.41) is 0. The average molecular weight is 219 g/mol. The van der Waals surface area contributed by atoms with Crippen LogP contribution in [-0.4, -0.2) is 0 Å². The molecule has 2 rings (SSSR count). The summed E-state index contributed by atoms with van der Waals surface area (Å²) in [6.07, 6.45) is 1.61. The van der Waals surface area contributed by atoms with Crippen LogP contribution in [0.2, 0.25) is 0 Å². The summed E-state index contributed by atoms with van der Waals surface area (Å²) >= 11 is 0. The molecule has 1 aromatic carbocycles. The molecule has 0 spiro atoms. The zero-order chi connectivity index (χ0) is 11.7. The molecular weight excluding hydrogens is 205 g/mol. The van der Waals surface area contributed by atoms with Gasteiger partial charge >= 0.3 is 0 Å². The highest BCUT2D eigenvalue weighted by Crippen LogP contribution is 2.24. The van der Waals surface area contributed by atoms with Gasteiger partial charge in [0, 0.05) is 5.56 Å². The molecule has 2 aromatic rings. The van der Waals surface area contributed by atoms with Crippen LogP contribution in [0.5, 0.6) is 0 Å². The predicted molar refractivity (Wildman–Crippen MR) is 60.6 cm³/mol. The van der Waals surface area contributed by atoms with E-state index in [1.807, 2.05) is 13.0 Å².